The van der Waals surface area contributed by atoms with Crippen LogP contribution in [0.25, 0.3) is 16.8 Å². The predicted molar refractivity (Wildman–Crippen MR) is 140 cm³/mol. The number of aryl methyl sites for hydroxylation is 1. The molecule has 0 spiro atoms. The quantitative estimate of drug-likeness (QED) is 0.210. The van der Waals surface area contributed by atoms with Crippen LogP contribution in [-0.4, -0.2) is 11.5 Å². The van der Waals surface area contributed by atoms with Gasteiger partial charge in [0.15, 0.2) is 5.84 Å². The van der Waals surface area contributed by atoms with Gasteiger partial charge in [-0.1, -0.05) is 109 Å². The fraction of sp³-hybridized carbons (Fsp3) is 0.0968. The Morgan fingerprint density at radius 1 is 0.727 bits per heavy atom. The highest BCUT2D eigenvalue weighted by Gasteiger charge is 2.22. The first-order chi connectivity index (χ1) is 16.1. The van der Waals surface area contributed by atoms with Gasteiger partial charge in [-0.15, -0.1) is 0 Å². The average molecular weight is 427 g/mol. The summed E-state index contributed by atoms with van der Waals surface area (Å²) in [4.78, 5) is 9.93. The number of aliphatic imine (C=N–C) groups is 2. The van der Waals surface area contributed by atoms with E-state index in [-0.39, 0.29) is 0 Å². The predicted octanol–water partition coefficient (Wildman–Crippen LogP) is 7.49. The molecular weight excluding hydrogens is 400 g/mol. The molecule has 0 saturated carbocycles. The highest BCUT2D eigenvalue weighted by atomic mass is 14.9. The van der Waals surface area contributed by atoms with Crippen molar-refractivity contribution in [2.24, 2.45) is 9.98 Å². The Balaban J connectivity index is 1.61. The lowest BCUT2D eigenvalue weighted by molar-refractivity contribution is 1.25. The molecular formula is C31H26N2. The van der Waals surface area contributed by atoms with Crippen molar-refractivity contribution in [3.63, 3.8) is 0 Å². The Labute approximate surface area is 195 Å². The minimum atomic E-state index is 0.669. The largest absolute Gasteiger partial charge is 0.233 e. The monoisotopic (exact) mass is 426 g/mol. The molecule has 0 atom stereocenters. The van der Waals surface area contributed by atoms with E-state index < -0.39 is 0 Å². The summed E-state index contributed by atoms with van der Waals surface area (Å²) in [5, 5.41) is 0. The van der Waals surface area contributed by atoms with Crippen LogP contribution in [0.15, 0.2) is 114 Å². The summed E-state index contributed by atoms with van der Waals surface area (Å²) in [7, 11) is 0. The number of rotatable bonds is 4. The molecule has 0 heterocycles. The van der Waals surface area contributed by atoms with E-state index in [1.165, 1.54) is 27.8 Å². The van der Waals surface area contributed by atoms with Crippen molar-refractivity contribution in [2.45, 2.75) is 20.3 Å². The van der Waals surface area contributed by atoms with Crippen LogP contribution in [0.1, 0.15) is 40.3 Å². The molecule has 0 saturated heterocycles. The first-order valence-corrected chi connectivity index (χ1v) is 11.3. The highest BCUT2D eigenvalue weighted by molar-refractivity contribution is 6.12. The molecule has 0 N–H and O–H groups in total. The lowest BCUT2D eigenvalue weighted by atomic mass is 9.97. The van der Waals surface area contributed by atoms with Crippen molar-refractivity contribution in [3.8, 4) is 11.1 Å². The maximum atomic E-state index is 4.99. The maximum absolute atomic E-state index is 4.99. The molecule has 0 amide bonds. The van der Waals surface area contributed by atoms with Crippen molar-refractivity contribution < 1.29 is 0 Å². The number of nitrogens with zero attached hydrogens (tertiary/aromatic N) is 2. The Morgan fingerprint density at radius 3 is 2.15 bits per heavy atom. The Kier molecular flexibility index (Phi) is 5.58. The van der Waals surface area contributed by atoms with Gasteiger partial charge in [0.2, 0.25) is 0 Å². The zero-order valence-electron chi connectivity index (χ0n) is 19.0. The van der Waals surface area contributed by atoms with Gasteiger partial charge in [-0.05, 0) is 48.1 Å². The summed E-state index contributed by atoms with van der Waals surface area (Å²) >= 11 is 0. The van der Waals surface area contributed by atoms with Gasteiger partial charge in [0.05, 0.1) is 5.70 Å². The number of hydrogen-bond donors (Lipinski definition) is 0. The first-order valence-electron chi connectivity index (χ1n) is 11.3. The van der Waals surface area contributed by atoms with Gasteiger partial charge in [-0.2, -0.15) is 0 Å². The van der Waals surface area contributed by atoms with Gasteiger partial charge < -0.3 is 0 Å². The third-order valence-electron chi connectivity index (χ3n) is 6.12. The SMILES string of the molecule is C=C(N=C(N=C(C)c1ccccc1)c1ccccc1)c1cccc2c1-c1cc(C)ccc1C2. The Bertz CT molecular complexity index is 1390. The Hall–Kier alpha value is -4.04. The minimum absolute atomic E-state index is 0.669. The van der Waals surface area contributed by atoms with E-state index in [1.807, 2.05) is 55.5 Å². The standard InChI is InChI=1S/C31H26N2/c1-21-17-18-26-20-27-15-10-16-28(30(27)29(26)19-21)23(3)33-31(25-13-8-5-9-14-25)32-22(2)24-11-6-4-7-12-24/h4-19H,3,20H2,1-2H3. The second-order valence-corrected chi connectivity index (χ2v) is 8.49. The van der Waals surface area contributed by atoms with E-state index in [0.29, 0.717) is 5.84 Å². The van der Waals surface area contributed by atoms with Crippen molar-refractivity contribution in [2.75, 3.05) is 0 Å². The number of benzene rings is 4. The van der Waals surface area contributed by atoms with Gasteiger partial charge in [-0.3, -0.25) is 0 Å². The second-order valence-electron chi connectivity index (χ2n) is 8.49. The molecule has 0 unspecified atom stereocenters. The van der Waals surface area contributed by atoms with Crippen molar-refractivity contribution in [1.82, 2.24) is 0 Å². The number of fused-ring (bicyclic) bond motifs is 3. The lowest BCUT2D eigenvalue weighted by Crippen LogP contribution is -2.04. The fourth-order valence-electron chi connectivity index (χ4n) is 4.42. The zero-order valence-corrected chi connectivity index (χ0v) is 19.0. The molecule has 0 aliphatic heterocycles. The van der Waals surface area contributed by atoms with Crippen LogP contribution >= 0.6 is 0 Å². The van der Waals surface area contributed by atoms with E-state index in [1.54, 1.807) is 0 Å². The Morgan fingerprint density at radius 2 is 1.42 bits per heavy atom. The van der Waals surface area contributed by atoms with Crippen LogP contribution in [0, 0.1) is 6.92 Å². The zero-order chi connectivity index (χ0) is 22.8. The maximum Gasteiger partial charge on any atom is 0.160 e. The number of amidine groups is 1. The topological polar surface area (TPSA) is 24.7 Å². The molecule has 4 aromatic carbocycles. The molecule has 2 nitrogen and oxygen atoms in total. The van der Waals surface area contributed by atoms with Gasteiger partial charge in [0, 0.05) is 16.8 Å². The molecule has 5 rings (SSSR count). The summed E-state index contributed by atoms with van der Waals surface area (Å²) in [6.45, 7) is 8.55. The third kappa shape index (κ3) is 4.20. The van der Waals surface area contributed by atoms with E-state index in [9.17, 15) is 0 Å². The fourth-order valence-corrected chi connectivity index (χ4v) is 4.42. The summed E-state index contributed by atoms with van der Waals surface area (Å²) in [5.41, 5.74) is 11.3. The van der Waals surface area contributed by atoms with Gasteiger partial charge in [-0.25, -0.2) is 9.98 Å². The molecule has 1 aliphatic rings. The summed E-state index contributed by atoms with van der Waals surface area (Å²) in [6, 6.07) is 33.5. The van der Waals surface area contributed by atoms with E-state index >= 15 is 0 Å². The van der Waals surface area contributed by atoms with Crippen molar-refractivity contribution in [3.05, 3.63) is 137 Å². The second kappa shape index (κ2) is 8.84. The smallest absolute Gasteiger partial charge is 0.160 e. The molecule has 1 aliphatic carbocycles. The van der Waals surface area contributed by atoms with Gasteiger partial charge in [0.25, 0.3) is 0 Å². The van der Waals surface area contributed by atoms with Crippen LogP contribution < -0.4 is 0 Å². The molecule has 4 aromatic rings. The molecule has 2 heteroatoms. The average Bonchev–Trinajstić information content (AvgIpc) is 3.22. The molecule has 0 fully saturated rings. The molecule has 0 aromatic heterocycles. The summed E-state index contributed by atoms with van der Waals surface area (Å²) < 4.78 is 0. The molecule has 33 heavy (non-hydrogen) atoms. The van der Waals surface area contributed by atoms with Gasteiger partial charge in [0.1, 0.15) is 0 Å². The molecule has 0 bridgehead atoms. The van der Waals surface area contributed by atoms with E-state index in [2.05, 4.69) is 62.0 Å². The van der Waals surface area contributed by atoms with Crippen LogP contribution in [0.3, 0.4) is 0 Å². The minimum Gasteiger partial charge on any atom is -0.233 e. The van der Waals surface area contributed by atoms with Crippen LogP contribution in [-0.2, 0) is 6.42 Å². The van der Waals surface area contributed by atoms with Gasteiger partial charge >= 0.3 is 0 Å². The van der Waals surface area contributed by atoms with Crippen molar-refractivity contribution in [1.29, 1.82) is 0 Å². The summed E-state index contributed by atoms with van der Waals surface area (Å²) in [6.07, 6.45) is 0.951. The highest BCUT2D eigenvalue weighted by Crippen LogP contribution is 2.41. The number of hydrogen-bond acceptors (Lipinski definition) is 1. The molecule has 160 valence electrons. The first kappa shape index (κ1) is 20.8. The van der Waals surface area contributed by atoms with Crippen molar-refractivity contribution >= 4 is 17.2 Å². The lowest BCUT2D eigenvalue weighted by Gasteiger charge is -2.12. The van der Waals surface area contributed by atoms with E-state index in [0.717, 1.165) is 34.5 Å². The van der Waals surface area contributed by atoms with Crippen LogP contribution in [0.2, 0.25) is 0 Å². The molecule has 0 radical (unpaired) electrons. The van der Waals surface area contributed by atoms with E-state index in [4.69, 9.17) is 9.98 Å². The summed E-state index contributed by atoms with van der Waals surface area (Å²) in [5.74, 6) is 0.669. The van der Waals surface area contributed by atoms with Crippen LogP contribution in [0.5, 0.6) is 0 Å². The normalized spacial score (nSPS) is 12.9. The van der Waals surface area contributed by atoms with Crippen LogP contribution in [0.4, 0.5) is 0 Å². The third-order valence-corrected chi connectivity index (χ3v) is 6.12.